The summed E-state index contributed by atoms with van der Waals surface area (Å²) in [5, 5.41) is 9.17. The maximum Gasteiger partial charge on any atom is 0.307 e. The molecule has 0 bridgehead atoms. The summed E-state index contributed by atoms with van der Waals surface area (Å²) in [6.45, 7) is 8.20. The smallest absolute Gasteiger partial charge is 0.307 e. The number of benzene rings is 1. The molecule has 1 N–H and O–H groups in total. The Morgan fingerprint density at radius 2 is 1.94 bits per heavy atom. The number of carboxylic acid groups (broad SMARTS) is 1. The Kier molecular flexibility index (Phi) is 2.33. The van der Waals surface area contributed by atoms with Crippen LogP contribution in [0.4, 0.5) is 0 Å². The van der Waals surface area contributed by atoms with E-state index in [0.29, 0.717) is 0 Å². The van der Waals surface area contributed by atoms with E-state index in [9.17, 15) is 4.79 Å². The molecule has 2 atom stereocenters. The van der Waals surface area contributed by atoms with Crippen LogP contribution in [0, 0.1) is 25.2 Å². The molecule has 1 aromatic rings. The lowest BCUT2D eigenvalue weighted by Crippen LogP contribution is -2.03. The molecule has 1 saturated carbocycles. The van der Waals surface area contributed by atoms with E-state index in [1.807, 2.05) is 13.8 Å². The van der Waals surface area contributed by atoms with Crippen molar-refractivity contribution >= 4 is 5.97 Å². The van der Waals surface area contributed by atoms with E-state index < -0.39 is 5.97 Å². The Morgan fingerprint density at radius 1 is 1.31 bits per heavy atom. The van der Waals surface area contributed by atoms with Crippen LogP contribution in [0.1, 0.15) is 36.5 Å². The first-order valence-corrected chi connectivity index (χ1v) is 5.65. The van der Waals surface area contributed by atoms with Crippen molar-refractivity contribution in [3.8, 4) is 0 Å². The highest BCUT2D eigenvalue weighted by Crippen LogP contribution is 2.64. The maximum absolute atomic E-state index is 11.1. The van der Waals surface area contributed by atoms with Gasteiger partial charge in [-0.25, -0.2) is 0 Å². The van der Waals surface area contributed by atoms with Gasteiger partial charge in [0.1, 0.15) is 0 Å². The fraction of sp³-hybridized carbons (Fsp3) is 0.500. The number of hydrogen-bond acceptors (Lipinski definition) is 1. The Bertz CT molecular complexity index is 446. The summed E-state index contributed by atoms with van der Waals surface area (Å²) in [5.41, 5.74) is 3.53. The van der Waals surface area contributed by atoms with E-state index in [2.05, 4.69) is 32.0 Å². The third-order valence-electron chi connectivity index (χ3n) is 3.85. The monoisotopic (exact) mass is 218 g/mol. The molecule has 0 aliphatic heterocycles. The number of rotatable bonds is 2. The van der Waals surface area contributed by atoms with Gasteiger partial charge in [0.15, 0.2) is 0 Å². The second-order valence-corrected chi connectivity index (χ2v) is 5.47. The Labute approximate surface area is 96.3 Å². The van der Waals surface area contributed by atoms with Crippen molar-refractivity contribution in [2.45, 2.75) is 33.6 Å². The third kappa shape index (κ3) is 1.53. The third-order valence-corrected chi connectivity index (χ3v) is 3.85. The molecule has 1 aliphatic rings. The second kappa shape index (κ2) is 3.34. The summed E-state index contributed by atoms with van der Waals surface area (Å²) >= 11 is 0. The normalized spacial score (nSPS) is 26.5. The number of carbonyl (C=O) groups is 1. The van der Waals surface area contributed by atoms with E-state index >= 15 is 0 Å². The highest BCUT2D eigenvalue weighted by atomic mass is 16.4. The minimum atomic E-state index is -0.671. The van der Waals surface area contributed by atoms with Gasteiger partial charge in [0.25, 0.3) is 0 Å². The molecule has 16 heavy (non-hydrogen) atoms. The molecule has 2 rings (SSSR count). The molecule has 0 amide bonds. The lowest BCUT2D eigenvalue weighted by molar-refractivity contribution is -0.139. The van der Waals surface area contributed by atoms with E-state index in [-0.39, 0.29) is 17.3 Å². The van der Waals surface area contributed by atoms with Crippen LogP contribution in [0.15, 0.2) is 18.2 Å². The quantitative estimate of drug-likeness (QED) is 0.828. The van der Waals surface area contributed by atoms with Crippen molar-refractivity contribution < 1.29 is 9.90 Å². The fourth-order valence-corrected chi connectivity index (χ4v) is 2.85. The van der Waals surface area contributed by atoms with Crippen molar-refractivity contribution in [2.75, 3.05) is 0 Å². The van der Waals surface area contributed by atoms with Crippen LogP contribution in [-0.2, 0) is 4.79 Å². The molecule has 2 unspecified atom stereocenters. The maximum atomic E-state index is 11.1. The minimum absolute atomic E-state index is 0.105. The van der Waals surface area contributed by atoms with Crippen LogP contribution < -0.4 is 0 Å². The zero-order valence-corrected chi connectivity index (χ0v) is 10.2. The van der Waals surface area contributed by atoms with Crippen molar-refractivity contribution in [1.82, 2.24) is 0 Å². The number of aryl methyl sites for hydroxylation is 2. The number of hydrogen-bond donors (Lipinski definition) is 1. The molecule has 0 aromatic heterocycles. The largest absolute Gasteiger partial charge is 0.481 e. The summed E-state index contributed by atoms with van der Waals surface area (Å²) in [7, 11) is 0. The van der Waals surface area contributed by atoms with E-state index in [0.717, 1.165) is 0 Å². The Balaban J connectivity index is 2.37. The minimum Gasteiger partial charge on any atom is -0.481 e. The molecule has 0 heterocycles. The van der Waals surface area contributed by atoms with Gasteiger partial charge >= 0.3 is 5.97 Å². The Morgan fingerprint density at radius 3 is 2.38 bits per heavy atom. The molecule has 1 aliphatic carbocycles. The predicted molar refractivity (Wildman–Crippen MR) is 63.6 cm³/mol. The topological polar surface area (TPSA) is 37.3 Å². The molecular weight excluding hydrogens is 200 g/mol. The lowest BCUT2D eigenvalue weighted by atomic mass is 9.97. The van der Waals surface area contributed by atoms with Gasteiger partial charge in [-0.1, -0.05) is 37.6 Å². The van der Waals surface area contributed by atoms with Crippen molar-refractivity contribution in [2.24, 2.45) is 11.3 Å². The highest BCUT2D eigenvalue weighted by Gasteiger charge is 2.62. The van der Waals surface area contributed by atoms with Crippen LogP contribution in [0.3, 0.4) is 0 Å². The molecule has 0 spiro atoms. The summed E-state index contributed by atoms with van der Waals surface area (Å²) in [6, 6.07) is 6.28. The van der Waals surface area contributed by atoms with Crippen molar-refractivity contribution in [1.29, 1.82) is 0 Å². The lowest BCUT2D eigenvalue weighted by Gasteiger charge is -2.07. The first-order chi connectivity index (χ1) is 7.35. The summed E-state index contributed by atoms with van der Waals surface area (Å²) in [6.07, 6.45) is 0. The fourth-order valence-electron chi connectivity index (χ4n) is 2.85. The molecule has 0 radical (unpaired) electrons. The first kappa shape index (κ1) is 11.2. The summed E-state index contributed by atoms with van der Waals surface area (Å²) in [5.74, 6) is -0.727. The zero-order chi connectivity index (χ0) is 12.1. The van der Waals surface area contributed by atoms with Gasteiger partial charge in [-0.2, -0.15) is 0 Å². The van der Waals surface area contributed by atoms with Gasteiger partial charge in [-0.15, -0.1) is 0 Å². The first-order valence-electron chi connectivity index (χ1n) is 5.65. The van der Waals surface area contributed by atoms with Gasteiger partial charge in [0.2, 0.25) is 0 Å². The average molecular weight is 218 g/mol. The zero-order valence-electron chi connectivity index (χ0n) is 10.2. The van der Waals surface area contributed by atoms with Crippen LogP contribution in [-0.4, -0.2) is 11.1 Å². The Hall–Kier alpha value is -1.31. The van der Waals surface area contributed by atoms with Gasteiger partial charge in [-0.3, -0.25) is 4.79 Å². The molecule has 2 nitrogen and oxygen atoms in total. The van der Waals surface area contributed by atoms with Crippen LogP contribution >= 0.6 is 0 Å². The van der Waals surface area contributed by atoms with Crippen molar-refractivity contribution in [3.05, 3.63) is 34.9 Å². The average Bonchev–Trinajstić information content (AvgIpc) is 2.69. The summed E-state index contributed by atoms with van der Waals surface area (Å²) in [4.78, 5) is 11.1. The molecule has 1 aromatic carbocycles. The van der Waals surface area contributed by atoms with E-state index in [1.165, 1.54) is 16.7 Å². The van der Waals surface area contributed by atoms with Crippen molar-refractivity contribution in [3.63, 3.8) is 0 Å². The van der Waals surface area contributed by atoms with Gasteiger partial charge in [-0.05, 0) is 30.4 Å². The van der Waals surface area contributed by atoms with E-state index in [4.69, 9.17) is 5.11 Å². The van der Waals surface area contributed by atoms with Crippen LogP contribution in [0.25, 0.3) is 0 Å². The number of carboxylic acids is 1. The van der Waals surface area contributed by atoms with E-state index in [1.54, 1.807) is 0 Å². The SMILES string of the molecule is Cc1ccc(C2C(C(=O)O)C2(C)C)c(C)c1. The van der Waals surface area contributed by atoms with Crippen LogP contribution in [0.2, 0.25) is 0 Å². The molecule has 86 valence electrons. The predicted octanol–water partition coefficient (Wildman–Crippen LogP) is 3.13. The standard InChI is InChI=1S/C14H18O2/c1-8-5-6-10(9(2)7-8)11-12(13(15)16)14(11,3)4/h5-7,11-12H,1-4H3,(H,15,16). The van der Waals surface area contributed by atoms with Crippen LogP contribution in [0.5, 0.6) is 0 Å². The number of aliphatic carboxylic acids is 1. The van der Waals surface area contributed by atoms with Gasteiger partial charge in [0.05, 0.1) is 5.92 Å². The summed E-state index contributed by atoms with van der Waals surface area (Å²) < 4.78 is 0. The molecular formula is C14H18O2. The molecule has 2 heteroatoms. The molecule has 0 saturated heterocycles. The highest BCUT2D eigenvalue weighted by molar-refractivity contribution is 5.77. The van der Waals surface area contributed by atoms with Gasteiger partial charge < -0.3 is 5.11 Å². The van der Waals surface area contributed by atoms with Gasteiger partial charge in [0, 0.05) is 5.92 Å². The molecule has 1 fully saturated rings. The second-order valence-electron chi connectivity index (χ2n) is 5.47.